The summed E-state index contributed by atoms with van der Waals surface area (Å²) in [5.41, 5.74) is 0. The first kappa shape index (κ1) is 21.5. The Bertz CT molecular complexity index is 422. The third-order valence-corrected chi connectivity index (χ3v) is 3.54. The smallest absolute Gasteiger partial charge is 0.410 e. The normalized spacial score (nSPS) is 18.8. The van der Waals surface area contributed by atoms with Crippen LogP contribution in [-0.2, 0) is 19.2 Å². The fourth-order valence-corrected chi connectivity index (χ4v) is 2.41. The summed E-state index contributed by atoms with van der Waals surface area (Å²) in [5, 5.41) is 42.0. The van der Waals surface area contributed by atoms with Crippen molar-refractivity contribution in [2.45, 2.75) is 44.2 Å². The summed E-state index contributed by atoms with van der Waals surface area (Å²) >= 11 is 0. The van der Waals surface area contributed by atoms with E-state index < -0.39 is 35.0 Å². The second-order valence-corrected chi connectivity index (χ2v) is 5.33. The van der Waals surface area contributed by atoms with Gasteiger partial charge in [-0.2, -0.15) is 0 Å². The molecule has 13 nitrogen and oxygen atoms in total. The van der Waals surface area contributed by atoms with Crippen molar-refractivity contribution in [1.82, 2.24) is 15.7 Å². The predicted molar refractivity (Wildman–Crippen MR) is 74.2 cm³/mol. The van der Waals surface area contributed by atoms with E-state index in [1.807, 2.05) is 0 Å². The third kappa shape index (κ3) is 8.37. The number of likely N-dealkylation sites (tertiary alicyclic amines) is 1. The molecule has 13 heteroatoms. The summed E-state index contributed by atoms with van der Waals surface area (Å²) in [6.45, 7) is 0.00647. The minimum atomic E-state index is -1.06. The number of carbonyl (C=O) groups excluding carboxylic acids is 1. The zero-order valence-electron chi connectivity index (χ0n) is 13.4. The first-order valence-corrected chi connectivity index (χ1v) is 7.63. The Morgan fingerprint density at radius 2 is 1.88 bits per heavy atom. The van der Waals surface area contributed by atoms with E-state index in [1.54, 1.807) is 0 Å². The molecule has 2 atom stereocenters. The molecule has 1 fully saturated rings. The zero-order chi connectivity index (χ0) is 18.8. The molecule has 1 aliphatic heterocycles. The summed E-state index contributed by atoms with van der Waals surface area (Å²) in [4.78, 5) is 32.9. The Kier molecular flexibility index (Phi) is 9.54. The highest BCUT2D eigenvalue weighted by Crippen LogP contribution is 2.18. The van der Waals surface area contributed by atoms with Crippen LogP contribution in [0.4, 0.5) is 4.79 Å². The number of carbonyl (C=O) groups is 2. The maximum absolute atomic E-state index is 11.8. The van der Waals surface area contributed by atoms with Gasteiger partial charge >= 0.3 is 12.1 Å². The number of amides is 1. The van der Waals surface area contributed by atoms with Crippen LogP contribution in [0.3, 0.4) is 0 Å². The Morgan fingerprint density at radius 1 is 1.16 bits per heavy atom. The molecule has 0 spiro atoms. The molecular weight excluding hydrogens is 346 g/mol. The van der Waals surface area contributed by atoms with E-state index in [2.05, 4.69) is 9.68 Å². The van der Waals surface area contributed by atoms with Gasteiger partial charge in [-0.05, 0) is 32.1 Å². The van der Waals surface area contributed by atoms with Crippen LogP contribution in [-0.4, -0.2) is 85.6 Å². The second kappa shape index (κ2) is 11.1. The number of carboxylic acids is 1. The molecule has 0 aromatic heterocycles. The van der Waals surface area contributed by atoms with Gasteiger partial charge < -0.3 is 9.84 Å². The van der Waals surface area contributed by atoms with Crippen LogP contribution < -0.4 is 0 Å². The molecule has 1 amide bonds. The monoisotopic (exact) mass is 369 g/mol. The first-order chi connectivity index (χ1) is 11.8. The van der Waals surface area contributed by atoms with Gasteiger partial charge in [-0.25, -0.2) is 19.3 Å². The molecule has 1 saturated heterocycles. The lowest BCUT2D eigenvalue weighted by atomic mass is 10.2. The van der Waals surface area contributed by atoms with Gasteiger partial charge in [0.2, 0.25) is 0 Å². The number of hydrogen-bond acceptors (Lipinski definition) is 11. The maximum Gasteiger partial charge on any atom is 0.410 e. The molecule has 0 aliphatic carbocycles. The lowest BCUT2D eigenvalue weighted by molar-refractivity contribution is -0.527. The zero-order valence-corrected chi connectivity index (χ0v) is 13.4. The van der Waals surface area contributed by atoms with Crippen molar-refractivity contribution < 1.29 is 49.9 Å². The number of carboxylic acid groups (broad SMARTS) is 1. The topological polar surface area (TPSA) is 173 Å². The molecule has 5 N–H and O–H groups in total. The van der Waals surface area contributed by atoms with Crippen LogP contribution in [0.2, 0.25) is 0 Å². The Labute approximate surface area is 142 Å². The summed E-state index contributed by atoms with van der Waals surface area (Å²) in [7, 11) is 0. The number of ether oxygens (including phenoxy) is 1. The summed E-state index contributed by atoms with van der Waals surface area (Å²) < 4.78 is 5.02. The van der Waals surface area contributed by atoms with E-state index in [-0.39, 0.29) is 19.6 Å². The van der Waals surface area contributed by atoms with Crippen LogP contribution in [0.15, 0.2) is 0 Å². The molecule has 0 aromatic rings. The quantitative estimate of drug-likeness (QED) is 0.248. The molecule has 1 rings (SSSR count). The minimum absolute atomic E-state index is 0.0450. The SMILES string of the molecule is O=C(O)C1CCCN1C(=O)OCCCCC(CON(O)O)ON(O)O. The molecule has 1 heterocycles. The molecular formula is C12H23N3O10. The van der Waals surface area contributed by atoms with Crippen LogP contribution in [0, 0.1) is 0 Å². The highest BCUT2D eigenvalue weighted by molar-refractivity contribution is 5.80. The van der Waals surface area contributed by atoms with Crippen molar-refractivity contribution in [3.8, 4) is 0 Å². The predicted octanol–water partition coefficient (Wildman–Crippen LogP) is 0.235. The number of hydrogen-bond donors (Lipinski definition) is 5. The summed E-state index contributed by atoms with van der Waals surface area (Å²) in [6.07, 6.45) is 0.470. The lowest BCUT2D eigenvalue weighted by Crippen LogP contribution is -2.40. The standard InChI is InChI=1S/C12H23N3O10/c16-11(17)10-5-3-6-13(10)12(18)23-7-2-1-4-9(25-15(21)22)8-24-14(19)20/h9-10,19-22H,1-8H2,(H,16,17). The van der Waals surface area contributed by atoms with Gasteiger partial charge in [-0.3, -0.25) is 25.7 Å². The van der Waals surface area contributed by atoms with Crippen LogP contribution in [0.5, 0.6) is 0 Å². The average molecular weight is 369 g/mol. The largest absolute Gasteiger partial charge is 0.480 e. The van der Waals surface area contributed by atoms with Gasteiger partial charge in [-0.15, -0.1) is 0 Å². The summed E-state index contributed by atoms with van der Waals surface area (Å²) in [6, 6.07) is -0.859. The van der Waals surface area contributed by atoms with Gasteiger partial charge in [0, 0.05) is 6.54 Å². The van der Waals surface area contributed by atoms with Crippen molar-refractivity contribution in [2.24, 2.45) is 0 Å². The number of unbranched alkanes of at least 4 members (excludes halogenated alkanes) is 1. The molecule has 0 bridgehead atoms. The van der Waals surface area contributed by atoms with Crippen molar-refractivity contribution >= 4 is 12.1 Å². The number of rotatable bonds is 11. The van der Waals surface area contributed by atoms with Gasteiger partial charge in [0.25, 0.3) is 0 Å². The van der Waals surface area contributed by atoms with Gasteiger partial charge in [-0.1, -0.05) is 0 Å². The van der Waals surface area contributed by atoms with E-state index in [1.165, 1.54) is 4.90 Å². The van der Waals surface area contributed by atoms with Gasteiger partial charge in [0.15, 0.2) is 0 Å². The number of nitrogens with zero attached hydrogens (tertiary/aromatic N) is 3. The average Bonchev–Trinajstić information content (AvgIpc) is 3.01. The molecule has 146 valence electrons. The van der Waals surface area contributed by atoms with E-state index in [0.29, 0.717) is 32.2 Å². The van der Waals surface area contributed by atoms with Crippen LogP contribution >= 0.6 is 0 Å². The molecule has 1 aliphatic rings. The molecule has 2 unspecified atom stereocenters. The Hall–Kier alpha value is -1.58. The molecule has 25 heavy (non-hydrogen) atoms. The van der Waals surface area contributed by atoms with Crippen LogP contribution in [0.1, 0.15) is 32.1 Å². The summed E-state index contributed by atoms with van der Waals surface area (Å²) in [5.74, 6) is -1.06. The van der Waals surface area contributed by atoms with Gasteiger partial charge in [0.05, 0.1) is 17.4 Å². The molecule has 0 aromatic carbocycles. The minimum Gasteiger partial charge on any atom is -0.480 e. The second-order valence-electron chi connectivity index (χ2n) is 5.33. The van der Waals surface area contributed by atoms with Crippen molar-refractivity contribution in [1.29, 1.82) is 0 Å². The van der Waals surface area contributed by atoms with E-state index >= 15 is 0 Å². The fourth-order valence-electron chi connectivity index (χ4n) is 2.41. The lowest BCUT2D eigenvalue weighted by Gasteiger charge is -2.21. The first-order valence-electron chi connectivity index (χ1n) is 7.63. The van der Waals surface area contributed by atoms with Crippen LogP contribution in [0.25, 0.3) is 0 Å². The molecule has 0 radical (unpaired) electrons. The highest BCUT2D eigenvalue weighted by atomic mass is 17.1. The Balaban J connectivity index is 2.24. The van der Waals surface area contributed by atoms with E-state index in [4.69, 9.17) is 30.7 Å². The van der Waals surface area contributed by atoms with E-state index in [9.17, 15) is 9.59 Å². The maximum atomic E-state index is 11.8. The molecule has 0 saturated carbocycles. The van der Waals surface area contributed by atoms with Crippen molar-refractivity contribution in [2.75, 3.05) is 19.8 Å². The van der Waals surface area contributed by atoms with Crippen molar-refractivity contribution in [3.63, 3.8) is 0 Å². The Morgan fingerprint density at radius 3 is 2.48 bits per heavy atom. The van der Waals surface area contributed by atoms with Crippen molar-refractivity contribution in [3.05, 3.63) is 0 Å². The third-order valence-electron chi connectivity index (χ3n) is 3.54. The van der Waals surface area contributed by atoms with Gasteiger partial charge in [0.1, 0.15) is 18.8 Å². The fraction of sp³-hybridized carbons (Fsp3) is 0.833. The highest BCUT2D eigenvalue weighted by Gasteiger charge is 2.34. The number of aliphatic carboxylic acids is 1. The van der Waals surface area contributed by atoms with E-state index in [0.717, 1.165) is 0 Å².